The molecule has 17 heavy (non-hydrogen) atoms. The number of nitrogens with one attached hydrogen (secondary N) is 2. The predicted molar refractivity (Wildman–Crippen MR) is 67.7 cm³/mol. The van der Waals surface area contributed by atoms with Crippen LogP contribution in [0, 0.1) is 13.8 Å². The van der Waals surface area contributed by atoms with Crippen molar-refractivity contribution in [2.75, 3.05) is 5.43 Å². The maximum atomic E-state index is 11.2. The van der Waals surface area contributed by atoms with Gasteiger partial charge in [-0.05, 0) is 30.9 Å². The molecule has 2 heterocycles. The second-order valence-electron chi connectivity index (χ2n) is 3.43. The van der Waals surface area contributed by atoms with Crippen LogP contribution < -0.4 is 11.0 Å². The van der Waals surface area contributed by atoms with Crippen LogP contribution in [-0.4, -0.2) is 21.4 Å². The quantitative estimate of drug-likeness (QED) is 0.634. The average molecular weight is 249 g/mol. The molecule has 0 saturated carbocycles. The molecule has 0 atom stereocenters. The highest BCUT2D eigenvalue weighted by Gasteiger charge is 1.98. The van der Waals surface area contributed by atoms with Crippen molar-refractivity contribution in [3.63, 3.8) is 0 Å². The zero-order chi connectivity index (χ0) is 12.3. The van der Waals surface area contributed by atoms with Crippen molar-refractivity contribution in [2.45, 2.75) is 13.8 Å². The van der Waals surface area contributed by atoms with E-state index in [9.17, 15) is 4.79 Å². The highest BCUT2D eigenvalue weighted by Crippen LogP contribution is 2.12. The van der Waals surface area contributed by atoms with Crippen molar-refractivity contribution < 1.29 is 0 Å². The van der Waals surface area contributed by atoms with Crippen molar-refractivity contribution in [2.24, 2.45) is 5.10 Å². The molecule has 0 aliphatic rings. The summed E-state index contributed by atoms with van der Waals surface area (Å²) in [6.07, 6.45) is 1.68. The van der Waals surface area contributed by atoms with Crippen LogP contribution in [0.2, 0.25) is 0 Å². The first-order valence-electron chi connectivity index (χ1n) is 4.93. The molecule has 0 unspecified atom stereocenters. The SMILES string of the molecule is Cc1ccsc1/C=N/Nc1nnc(C)c(=O)[nH]1. The number of nitrogens with zero attached hydrogens (tertiary/aromatic N) is 3. The standard InChI is InChI=1S/C10H11N5OS/c1-6-3-4-17-8(6)5-11-14-10-12-9(16)7(2)13-15-10/h3-5H,1-2H3,(H2,12,14,15,16)/b11-5+. The number of hydrogen-bond acceptors (Lipinski definition) is 6. The molecule has 0 saturated heterocycles. The lowest BCUT2D eigenvalue weighted by molar-refractivity contribution is 0.897. The van der Waals surface area contributed by atoms with Crippen molar-refractivity contribution in [1.29, 1.82) is 0 Å². The molecule has 0 aromatic carbocycles. The first-order valence-corrected chi connectivity index (χ1v) is 5.81. The summed E-state index contributed by atoms with van der Waals surface area (Å²) < 4.78 is 0. The van der Waals surface area contributed by atoms with Gasteiger partial charge in [-0.3, -0.25) is 9.78 Å². The summed E-state index contributed by atoms with van der Waals surface area (Å²) in [6, 6.07) is 2.01. The molecule has 2 aromatic heterocycles. The molecule has 0 radical (unpaired) electrons. The van der Waals surface area contributed by atoms with Gasteiger partial charge in [0.25, 0.3) is 5.56 Å². The Morgan fingerprint density at radius 2 is 2.29 bits per heavy atom. The van der Waals surface area contributed by atoms with E-state index in [2.05, 4.69) is 25.7 Å². The van der Waals surface area contributed by atoms with Gasteiger partial charge in [-0.25, -0.2) is 5.43 Å². The zero-order valence-corrected chi connectivity index (χ0v) is 10.2. The van der Waals surface area contributed by atoms with Gasteiger partial charge in [-0.1, -0.05) is 0 Å². The predicted octanol–water partition coefficient (Wildman–Crippen LogP) is 1.29. The number of aromatic nitrogens is 3. The molecule has 0 spiro atoms. The highest BCUT2D eigenvalue weighted by molar-refractivity contribution is 7.11. The van der Waals surface area contributed by atoms with Gasteiger partial charge in [0.15, 0.2) is 0 Å². The molecule has 0 aliphatic carbocycles. The highest BCUT2D eigenvalue weighted by atomic mass is 32.1. The third-order valence-corrected chi connectivity index (χ3v) is 3.07. The number of anilines is 1. The molecule has 0 aliphatic heterocycles. The fraction of sp³-hybridized carbons (Fsp3) is 0.200. The molecule has 2 aromatic rings. The van der Waals surface area contributed by atoms with Crippen LogP contribution in [0.25, 0.3) is 0 Å². The van der Waals surface area contributed by atoms with Gasteiger partial charge in [0.05, 0.1) is 6.21 Å². The Bertz CT molecular complexity index is 601. The Morgan fingerprint density at radius 3 is 2.94 bits per heavy atom. The Kier molecular flexibility index (Phi) is 3.29. The number of hydrogen-bond donors (Lipinski definition) is 2. The summed E-state index contributed by atoms with van der Waals surface area (Å²) in [5.41, 5.74) is 3.84. The van der Waals surface area contributed by atoms with E-state index in [4.69, 9.17) is 0 Å². The van der Waals surface area contributed by atoms with Crippen LogP contribution in [0.1, 0.15) is 16.1 Å². The molecule has 2 rings (SSSR count). The lowest BCUT2D eigenvalue weighted by Gasteiger charge is -1.97. The normalized spacial score (nSPS) is 10.9. The summed E-state index contributed by atoms with van der Waals surface area (Å²) >= 11 is 1.59. The van der Waals surface area contributed by atoms with Gasteiger partial charge >= 0.3 is 0 Å². The Hall–Kier alpha value is -2.02. The van der Waals surface area contributed by atoms with Gasteiger partial charge in [-0.15, -0.1) is 21.5 Å². The number of thiophene rings is 1. The lowest BCUT2D eigenvalue weighted by atomic mass is 10.3. The van der Waals surface area contributed by atoms with E-state index in [-0.39, 0.29) is 11.5 Å². The lowest BCUT2D eigenvalue weighted by Crippen LogP contribution is -2.15. The number of aromatic amines is 1. The molecule has 0 bridgehead atoms. The maximum Gasteiger partial charge on any atom is 0.274 e. The Balaban J connectivity index is 2.07. The smallest absolute Gasteiger partial charge is 0.274 e. The van der Waals surface area contributed by atoms with Crippen molar-refractivity contribution in [3.8, 4) is 0 Å². The first-order chi connectivity index (χ1) is 8.16. The van der Waals surface area contributed by atoms with Crippen LogP contribution in [0.5, 0.6) is 0 Å². The fourth-order valence-electron chi connectivity index (χ4n) is 1.11. The van der Waals surface area contributed by atoms with Gasteiger partial charge < -0.3 is 0 Å². The second-order valence-corrected chi connectivity index (χ2v) is 4.37. The largest absolute Gasteiger partial charge is 0.288 e. The van der Waals surface area contributed by atoms with Gasteiger partial charge in [0, 0.05) is 4.88 Å². The van der Waals surface area contributed by atoms with E-state index in [0.29, 0.717) is 5.69 Å². The molecule has 0 amide bonds. The van der Waals surface area contributed by atoms with E-state index in [1.54, 1.807) is 24.5 Å². The van der Waals surface area contributed by atoms with Crippen molar-refractivity contribution >= 4 is 23.5 Å². The third-order valence-electron chi connectivity index (χ3n) is 2.11. The summed E-state index contributed by atoms with van der Waals surface area (Å²) in [4.78, 5) is 14.8. The van der Waals surface area contributed by atoms with Crippen LogP contribution in [-0.2, 0) is 0 Å². The number of hydrazone groups is 1. The van der Waals surface area contributed by atoms with Crippen LogP contribution in [0.3, 0.4) is 0 Å². The number of H-pyrrole nitrogens is 1. The van der Waals surface area contributed by atoms with Crippen molar-refractivity contribution in [3.05, 3.63) is 37.9 Å². The van der Waals surface area contributed by atoms with Crippen LogP contribution in [0.4, 0.5) is 5.95 Å². The molecular formula is C10H11N5OS. The van der Waals surface area contributed by atoms with E-state index in [1.807, 2.05) is 18.4 Å². The molecule has 6 nitrogen and oxygen atoms in total. The minimum absolute atomic E-state index is 0.228. The minimum Gasteiger partial charge on any atom is -0.288 e. The van der Waals surface area contributed by atoms with E-state index < -0.39 is 0 Å². The minimum atomic E-state index is -0.273. The van der Waals surface area contributed by atoms with E-state index in [0.717, 1.165) is 10.4 Å². The molecule has 2 N–H and O–H groups in total. The monoisotopic (exact) mass is 249 g/mol. The summed E-state index contributed by atoms with van der Waals surface area (Å²) in [7, 11) is 0. The number of rotatable bonds is 3. The van der Waals surface area contributed by atoms with E-state index >= 15 is 0 Å². The molecule has 88 valence electrons. The maximum absolute atomic E-state index is 11.2. The molecular weight excluding hydrogens is 238 g/mol. The van der Waals surface area contributed by atoms with Gasteiger partial charge in [0.1, 0.15) is 5.69 Å². The van der Waals surface area contributed by atoms with Crippen LogP contribution >= 0.6 is 11.3 Å². The first kappa shape index (κ1) is 11.5. The van der Waals surface area contributed by atoms with Crippen LogP contribution in [0.15, 0.2) is 21.3 Å². The zero-order valence-electron chi connectivity index (χ0n) is 9.39. The van der Waals surface area contributed by atoms with Crippen molar-refractivity contribution in [1.82, 2.24) is 15.2 Å². The van der Waals surface area contributed by atoms with Gasteiger partial charge in [-0.2, -0.15) is 5.10 Å². The fourth-order valence-corrected chi connectivity index (χ4v) is 1.90. The Morgan fingerprint density at radius 1 is 1.47 bits per heavy atom. The summed E-state index contributed by atoms with van der Waals surface area (Å²) in [6.45, 7) is 3.60. The Labute approximate surface area is 101 Å². The second kappa shape index (κ2) is 4.88. The summed E-state index contributed by atoms with van der Waals surface area (Å²) in [5, 5.41) is 13.4. The average Bonchev–Trinajstić information content (AvgIpc) is 2.70. The van der Waals surface area contributed by atoms with E-state index in [1.165, 1.54) is 0 Å². The molecule has 7 heteroatoms. The molecule has 0 fully saturated rings. The van der Waals surface area contributed by atoms with Gasteiger partial charge in [0.2, 0.25) is 5.95 Å². The number of aryl methyl sites for hydroxylation is 2. The topological polar surface area (TPSA) is 83.0 Å². The third kappa shape index (κ3) is 2.76. The summed E-state index contributed by atoms with van der Waals surface area (Å²) in [5.74, 6) is 0.228.